The molecular formula is C3H3N2Se. The monoisotopic (exact) mass is 147 g/mol. The van der Waals surface area contributed by atoms with E-state index in [0.29, 0.717) is 0 Å². The first kappa shape index (κ1) is 3.90. The number of hydrogen-bond donors (Lipinski definition) is 1. The van der Waals surface area contributed by atoms with Gasteiger partial charge in [0.05, 0.1) is 0 Å². The van der Waals surface area contributed by atoms with E-state index in [2.05, 4.69) is 26.0 Å². The summed E-state index contributed by atoms with van der Waals surface area (Å²) in [5.41, 5.74) is 0. The summed E-state index contributed by atoms with van der Waals surface area (Å²) in [6.07, 6.45) is 3.35. The second-order valence-corrected chi connectivity index (χ2v) is 1.84. The summed E-state index contributed by atoms with van der Waals surface area (Å²) >= 11 is 2.76. The first-order valence-corrected chi connectivity index (χ1v) is 2.40. The summed E-state index contributed by atoms with van der Waals surface area (Å²) in [4.78, 5) is 6.57. The van der Waals surface area contributed by atoms with Crippen molar-refractivity contribution in [2.24, 2.45) is 0 Å². The molecule has 0 fully saturated rings. The van der Waals surface area contributed by atoms with E-state index in [0.717, 1.165) is 4.59 Å². The maximum atomic E-state index is 3.73. The van der Waals surface area contributed by atoms with Crippen molar-refractivity contribution in [3.05, 3.63) is 12.5 Å². The standard InChI is InChI=1S/C3H3N2Se/c6-3-1-4-2-5-3/h1-2H,(H,4,5). The third-order valence-corrected chi connectivity index (χ3v) is 0.942. The summed E-state index contributed by atoms with van der Waals surface area (Å²) in [5.74, 6) is 0. The molecule has 0 saturated heterocycles. The number of rotatable bonds is 0. The summed E-state index contributed by atoms with van der Waals surface area (Å²) in [6, 6.07) is 0. The maximum absolute atomic E-state index is 3.73. The van der Waals surface area contributed by atoms with Crippen LogP contribution in [-0.4, -0.2) is 26.0 Å². The van der Waals surface area contributed by atoms with Crippen molar-refractivity contribution < 1.29 is 0 Å². The minimum absolute atomic E-state index is 0.981. The van der Waals surface area contributed by atoms with Crippen LogP contribution in [0.3, 0.4) is 0 Å². The van der Waals surface area contributed by atoms with E-state index in [1.165, 1.54) is 0 Å². The Bertz CT molecular complexity index is 112. The number of hydrogen-bond acceptors (Lipinski definition) is 1. The Morgan fingerprint density at radius 1 is 1.83 bits per heavy atom. The molecule has 0 unspecified atom stereocenters. The zero-order valence-electron chi connectivity index (χ0n) is 3.01. The van der Waals surface area contributed by atoms with E-state index in [4.69, 9.17) is 0 Å². The molecular weight excluding hydrogens is 143 g/mol. The average molecular weight is 146 g/mol. The Kier molecular flexibility index (Phi) is 0.945. The number of aromatic nitrogens is 2. The molecule has 31 valence electrons. The summed E-state index contributed by atoms with van der Waals surface area (Å²) in [6.45, 7) is 0. The van der Waals surface area contributed by atoms with E-state index >= 15 is 0 Å². The van der Waals surface area contributed by atoms with Gasteiger partial charge in [0.25, 0.3) is 0 Å². The number of H-pyrrole nitrogens is 1. The van der Waals surface area contributed by atoms with E-state index in [-0.39, 0.29) is 0 Å². The van der Waals surface area contributed by atoms with Crippen molar-refractivity contribution in [2.45, 2.75) is 0 Å². The second kappa shape index (κ2) is 1.45. The van der Waals surface area contributed by atoms with Crippen LogP contribution in [0.4, 0.5) is 0 Å². The van der Waals surface area contributed by atoms with E-state index < -0.39 is 0 Å². The molecule has 2 nitrogen and oxygen atoms in total. The fraction of sp³-hybridized carbons (Fsp3) is 0. The van der Waals surface area contributed by atoms with Gasteiger partial charge in [-0.2, -0.15) is 0 Å². The molecule has 0 bridgehead atoms. The molecule has 0 spiro atoms. The average Bonchev–Trinajstić information content (AvgIpc) is 1.86. The van der Waals surface area contributed by atoms with Crippen molar-refractivity contribution in [1.82, 2.24) is 9.97 Å². The molecule has 1 heterocycles. The van der Waals surface area contributed by atoms with Gasteiger partial charge in [-0.15, -0.1) is 0 Å². The van der Waals surface area contributed by atoms with Crippen LogP contribution in [0.15, 0.2) is 12.5 Å². The van der Waals surface area contributed by atoms with Gasteiger partial charge in [0.2, 0.25) is 0 Å². The Labute approximate surface area is 43.8 Å². The van der Waals surface area contributed by atoms with Crippen LogP contribution in [-0.2, 0) is 0 Å². The molecule has 0 aliphatic carbocycles. The summed E-state index contributed by atoms with van der Waals surface area (Å²) in [7, 11) is 0. The van der Waals surface area contributed by atoms with E-state index in [1.54, 1.807) is 12.5 Å². The zero-order valence-corrected chi connectivity index (χ0v) is 4.72. The number of nitrogens with zero attached hydrogens (tertiary/aromatic N) is 1. The van der Waals surface area contributed by atoms with Crippen molar-refractivity contribution in [1.29, 1.82) is 0 Å². The third kappa shape index (κ3) is 0.614. The van der Waals surface area contributed by atoms with Crippen LogP contribution in [0, 0.1) is 0 Å². The Morgan fingerprint density at radius 2 is 2.67 bits per heavy atom. The zero-order chi connectivity index (χ0) is 4.41. The topological polar surface area (TPSA) is 28.7 Å². The molecule has 0 aliphatic rings. The quantitative estimate of drug-likeness (QED) is 0.477. The molecule has 0 aromatic carbocycles. The fourth-order valence-corrected chi connectivity index (χ4v) is 0.481. The molecule has 6 heavy (non-hydrogen) atoms. The number of imidazole rings is 1. The van der Waals surface area contributed by atoms with Crippen molar-refractivity contribution in [3.8, 4) is 0 Å². The Hall–Kier alpha value is -0.271. The van der Waals surface area contributed by atoms with Gasteiger partial charge in [0, 0.05) is 0 Å². The van der Waals surface area contributed by atoms with Gasteiger partial charge < -0.3 is 0 Å². The van der Waals surface area contributed by atoms with E-state index in [1.807, 2.05) is 0 Å². The van der Waals surface area contributed by atoms with Crippen LogP contribution >= 0.6 is 0 Å². The van der Waals surface area contributed by atoms with E-state index in [9.17, 15) is 0 Å². The number of aromatic amines is 1. The first-order chi connectivity index (χ1) is 2.89. The molecule has 1 rings (SSSR count). The molecule has 1 radical (unpaired) electrons. The molecule has 1 N–H and O–H groups in total. The van der Waals surface area contributed by atoms with Gasteiger partial charge in [-0.05, 0) is 0 Å². The van der Waals surface area contributed by atoms with Gasteiger partial charge in [-0.1, -0.05) is 0 Å². The molecule has 0 aliphatic heterocycles. The summed E-state index contributed by atoms with van der Waals surface area (Å²) in [5, 5.41) is 0. The molecule has 0 saturated carbocycles. The molecule has 3 heteroatoms. The normalized spacial score (nSPS) is 8.67. The van der Waals surface area contributed by atoms with Crippen molar-refractivity contribution in [3.63, 3.8) is 0 Å². The number of nitrogens with one attached hydrogen (secondary N) is 1. The van der Waals surface area contributed by atoms with Crippen LogP contribution in [0.25, 0.3) is 0 Å². The third-order valence-electron chi connectivity index (χ3n) is 0.473. The van der Waals surface area contributed by atoms with Gasteiger partial charge in [-0.3, -0.25) is 0 Å². The Balaban J connectivity index is 3.05. The predicted octanol–water partition coefficient (Wildman–Crippen LogP) is -0.796. The molecule has 0 amide bonds. The predicted molar refractivity (Wildman–Crippen MR) is 24.0 cm³/mol. The van der Waals surface area contributed by atoms with Gasteiger partial charge in [0.1, 0.15) is 0 Å². The van der Waals surface area contributed by atoms with Crippen LogP contribution in [0.2, 0.25) is 0 Å². The molecule has 1 aromatic heterocycles. The first-order valence-electron chi connectivity index (χ1n) is 1.55. The van der Waals surface area contributed by atoms with Gasteiger partial charge in [-0.25, -0.2) is 0 Å². The fourth-order valence-electron chi connectivity index (χ4n) is 0.243. The van der Waals surface area contributed by atoms with Gasteiger partial charge in [0.15, 0.2) is 0 Å². The van der Waals surface area contributed by atoms with Crippen LogP contribution in [0.5, 0.6) is 0 Å². The second-order valence-electron chi connectivity index (χ2n) is 0.916. The molecule has 0 atom stereocenters. The molecule has 1 aromatic rings. The Morgan fingerprint density at radius 3 is 2.83 bits per heavy atom. The van der Waals surface area contributed by atoms with Crippen LogP contribution < -0.4 is 4.59 Å². The SMILES string of the molecule is [Se]c1cnc[nH]1. The van der Waals surface area contributed by atoms with Gasteiger partial charge >= 0.3 is 43.1 Å². The summed E-state index contributed by atoms with van der Waals surface area (Å²) < 4.78 is 0.981. The van der Waals surface area contributed by atoms with Crippen molar-refractivity contribution >= 4 is 20.6 Å². The minimum atomic E-state index is 0.981. The van der Waals surface area contributed by atoms with Crippen LogP contribution in [0.1, 0.15) is 0 Å². The van der Waals surface area contributed by atoms with Crippen molar-refractivity contribution in [2.75, 3.05) is 0 Å².